The standard InChI is InChI=1S/C16H12N4O5/c21-8-15(19-10-17-9-18-19)14-5-4-13(7-16(14)22)25-12-3-1-2-11(6-12)20(23)24/h1-10,15,22H. The number of nitro benzene ring substituents is 1. The van der Waals surface area contributed by atoms with Gasteiger partial charge in [0, 0.05) is 17.7 Å². The molecule has 126 valence electrons. The van der Waals surface area contributed by atoms with Crippen LogP contribution in [-0.4, -0.2) is 31.1 Å². The zero-order valence-corrected chi connectivity index (χ0v) is 12.7. The number of aromatic nitrogens is 3. The molecule has 25 heavy (non-hydrogen) atoms. The number of nitrogens with zero attached hydrogens (tertiary/aromatic N) is 4. The highest BCUT2D eigenvalue weighted by molar-refractivity contribution is 5.64. The van der Waals surface area contributed by atoms with Crippen molar-refractivity contribution in [3.05, 3.63) is 70.8 Å². The fourth-order valence-corrected chi connectivity index (χ4v) is 2.27. The van der Waals surface area contributed by atoms with Gasteiger partial charge >= 0.3 is 0 Å². The van der Waals surface area contributed by atoms with Crippen LogP contribution in [0.3, 0.4) is 0 Å². The Morgan fingerprint density at radius 2 is 2.04 bits per heavy atom. The molecule has 0 fully saturated rings. The number of rotatable bonds is 6. The normalized spacial score (nSPS) is 11.7. The number of benzene rings is 2. The molecule has 0 spiro atoms. The van der Waals surface area contributed by atoms with Crippen molar-refractivity contribution in [3.63, 3.8) is 0 Å². The predicted molar refractivity (Wildman–Crippen MR) is 85.5 cm³/mol. The van der Waals surface area contributed by atoms with Crippen molar-refractivity contribution in [2.24, 2.45) is 0 Å². The minimum absolute atomic E-state index is 0.106. The van der Waals surface area contributed by atoms with Gasteiger partial charge in [0.2, 0.25) is 0 Å². The molecule has 3 aromatic rings. The van der Waals surface area contributed by atoms with E-state index in [0.717, 1.165) is 0 Å². The Balaban J connectivity index is 1.86. The van der Waals surface area contributed by atoms with Gasteiger partial charge in [-0.2, -0.15) is 5.10 Å². The summed E-state index contributed by atoms with van der Waals surface area (Å²) in [4.78, 5) is 25.4. The molecule has 0 saturated heterocycles. The van der Waals surface area contributed by atoms with Gasteiger partial charge in [-0.05, 0) is 18.2 Å². The van der Waals surface area contributed by atoms with E-state index in [1.165, 1.54) is 47.7 Å². The Labute approximate surface area is 141 Å². The van der Waals surface area contributed by atoms with Gasteiger partial charge in [0.25, 0.3) is 5.69 Å². The first-order valence-corrected chi connectivity index (χ1v) is 7.13. The molecule has 1 heterocycles. The van der Waals surface area contributed by atoms with Crippen molar-refractivity contribution >= 4 is 12.0 Å². The van der Waals surface area contributed by atoms with E-state index >= 15 is 0 Å². The third-order valence-corrected chi connectivity index (χ3v) is 3.44. The molecular weight excluding hydrogens is 328 g/mol. The second kappa shape index (κ2) is 6.79. The van der Waals surface area contributed by atoms with E-state index < -0.39 is 11.0 Å². The highest BCUT2D eigenvalue weighted by Crippen LogP contribution is 2.32. The lowest BCUT2D eigenvalue weighted by molar-refractivity contribution is -0.384. The second-order valence-corrected chi connectivity index (χ2v) is 5.03. The van der Waals surface area contributed by atoms with Crippen LogP contribution in [0.25, 0.3) is 0 Å². The number of ether oxygens (including phenoxy) is 1. The number of carbonyl (C=O) groups is 1. The Hall–Kier alpha value is -3.75. The third-order valence-electron chi connectivity index (χ3n) is 3.44. The summed E-state index contributed by atoms with van der Waals surface area (Å²) in [5.74, 6) is 0.352. The van der Waals surface area contributed by atoms with Crippen LogP contribution in [0.5, 0.6) is 17.2 Å². The lowest BCUT2D eigenvalue weighted by atomic mass is 10.1. The van der Waals surface area contributed by atoms with Crippen LogP contribution in [-0.2, 0) is 4.79 Å². The average Bonchev–Trinajstić information content (AvgIpc) is 3.12. The summed E-state index contributed by atoms with van der Waals surface area (Å²) >= 11 is 0. The number of non-ortho nitro benzene ring substituents is 1. The van der Waals surface area contributed by atoms with Crippen molar-refractivity contribution in [2.45, 2.75) is 6.04 Å². The van der Waals surface area contributed by atoms with E-state index in [1.54, 1.807) is 12.1 Å². The van der Waals surface area contributed by atoms with Gasteiger partial charge in [-0.1, -0.05) is 6.07 Å². The monoisotopic (exact) mass is 340 g/mol. The van der Waals surface area contributed by atoms with Crippen molar-refractivity contribution < 1.29 is 19.6 Å². The number of aldehydes is 1. The Bertz CT molecular complexity index is 911. The van der Waals surface area contributed by atoms with E-state index in [-0.39, 0.29) is 22.9 Å². The number of carbonyl (C=O) groups excluding carboxylic acids is 1. The lowest BCUT2D eigenvalue weighted by Crippen LogP contribution is -2.12. The summed E-state index contributed by atoms with van der Waals surface area (Å²) in [5.41, 5.74) is 0.220. The van der Waals surface area contributed by atoms with Crippen molar-refractivity contribution in [1.82, 2.24) is 14.8 Å². The Kier molecular flexibility index (Phi) is 4.38. The summed E-state index contributed by atoms with van der Waals surface area (Å²) in [6.07, 6.45) is 3.28. The molecule has 0 aliphatic heterocycles. The third kappa shape index (κ3) is 3.44. The van der Waals surface area contributed by atoms with Crippen LogP contribution in [0, 0.1) is 10.1 Å². The van der Waals surface area contributed by atoms with Crippen LogP contribution in [0.2, 0.25) is 0 Å². The molecular formula is C16H12N4O5. The molecule has 1 atom stereocenters. The number of nitro groups is 1. The van der Waals surface area contributed by atoms with Gasteiger partial charge in [-0.15, -0.1) is 0 Å². The van der Waals surface area contributed by atoms with E-state index in [9.17, 15) is 20.0 Å². The minimum atomic E-state index is -0.825. The number of hydrogen-bond donors (Lipinski definition) is 1. The topological polar surface area (TPSA) is 120 Å². The number of phenolic OH excluding ortho intramolecular Hbond substituents is 1. The van der Waals surface area contributed by atoms with Crippen molar-refractivity contribution in [1.29, 1.82) is 0 Å². The largest absolute Gasteiger partial charge is 0.507 e. The molecule has 9 nitrogen and oxygen atoms in total. The van der Waals surface area contributed by atoms with Gasteiger partial charge in [-0.25, -0.2) is 9.67 Å². The smallest absolute Gasteiger partial charge is 0.273 e. The van der Waals surface area contributed by atoms with Gasteiger partial charge < -0.3 is 14.6 Å². The summed E-state index contributed by atoms with van der Waals surface area (Å²) in [6, 6.07) is 9.23. The molecule has 0 amide bonds. The lowest BCUT2D eigenvalue weighted by Gasteiger charge is -2.14. The minimum Gasteiger partial charge on any atom is -0.507 e. The summed E-state index contributed by atoms with van der Waals surface area (Å²) < 4.78 is 6.83. The number of hydrogen-bond acceptors (Lipinski definition) is 7. The maximum atomic E-state index is 11.3. The van der Waals surface area contributed by atoms with Gasteiger partial charge in [0.15, 0.2) is 0 Å². The first-order valence-electron chi connectivity index (χ1n) is 7.13. The molecule has 0 bridgehead atoms. The first kappa shape index (κ1) is 16.1. The molecule has 3 rings (SSSR count). The molecule has 1 N–H and O–H groups in total. The quantitative estimate of drug-likeness (QED) is 0.415. The van der Waals surface area contributed by atoms with Crippen LogP contribution in [0.1, 0.15) is 11.6 Å². The van der Waals surface area contributed by atoms with Crippen LogP contribution in [0.4, 0.5) is 5.69 Å². The highest BCUT2D eigenvalue weighted by atomic mass is 16.6. The first-order chi connectivity index (χ1) is 12.1. The van der Waals surface area contributed by atoms with Crippen LogP contribution >= 0.6 is 0 Å². The van der Waals surface area contributed by atoms with Gasteiger partial charge in [0.1, 0.15) is 42.2 Å². The van der Waals surface area contributed by atoms with E-state index in [4.69, 9.17) is 4.74 Å². The maximum Gasteiger partial charge on any atom is 0.273 e. The molecule has 0 aliphatic carbocycles. The summed E-state index contributed by atoms with van der Waals surface area (Å²) in [5, 5.41) is 24.9. The fraction of sp³-hybridized carbons (Fsp3) is 0.0625. The van der Waals surface area contributed by atoms with Crippen molar-refractivity contribution in [3.8, 4) is 17.2 Å². The Morgan fingerprint density at radius 1 is 1.24 bits per heavy atom. The van der Waals surface area contributed by atoms with Crippen LogP contribution < -0.4 is 4.74 Å². The zero-order chi connectivity index (χ0) is 17.8. The summed E-state index contributed by atoms with van der Waals surface area (Å²) in [7, 11) is 0. The van der Waals surface area contributed by atoms with Crippen molar-refractivity contribution in [2.75, 3.05) is 0 Å². The number of aromatic hydroxyl groups is 1. The highest BCUT2D eigenvalue weighted by Gasteiger charge is 2.18. The molecule has 0 aliphatic rings. The number of phenols is 1. The molecule has 1 aromatic heterocycles. The maximum absolute atomic E-state index is 11.3. The molecule has 2 aromatic carbocycles. The SMILES string of the molecule is O=CC(c1ccc(Oc2cccc([N+](=O)[O-])c2)cc1O)n1cncn1. The molecule has 1 unspecified atom stereocenters. The second-order valence-electron chi connectivity index (χ2n) is 5.03. The summed E-state index contributed by atoms with van der Waals surface area (Å²) in [6.45, 7) is 0. The Morgan fingerprint density at radius 3 is 2.68 bits per heavy atom. The average molecular weight is 340 g/mol. The van der Waals surface area contributed by atoms with Crippen LogP contribution in [0.15, 0.2) is 55.1 Å². The predicted octanol–water partition coefficient (Wildman–Crippen LogP) is 2.47. The molecule has 9 heteroatoms. The molecule has 0 radical (unpaired) electrons. The molecule has 0 saturated carbocycles. The zero-order valence-electron chi connectivity index (χ0n) is 12.7. The van der Waals surface area contributed by atoms with Gasteiger partial charge in [-0.3, -0.25) is 10.1 Å². The van der Waals surface area contributed by atoms with E-state index in [0.29, 0.717) is 11.8 Å². The fourth-order valence-electron chi connectivity index (χ4n) is 2.27. The van der Waals surface area contributed by atoms with E-state index in [1.807, 2.05) is 0 Å². The van der Waals surface area contributed by atoms with E-state index in [2.05, 4.69) is 10.1 Å². The van der Waals surface area contributed by atoms with Gasteiger partial charge in [0.05, 0.1) is 11.0 Å².